The smallest absolute Gasteiger partial charge is 0.235 e. The van der Waals surface area contributed by atoms with E-state index < -0.39 is 0 Å². The van der Waals surface area contributed by atoms with Crippen molar-refractivity contribution in [1.82, 2.24) is 14.7 Å². The average Bonchev–Trinajstić information content (AvgIpc) is 3.14. The van der Waals surface area contributed by atoms with Gasteiger partial charge in [0.25, 0.3) is 0 Å². The number of aliphatic hydroxyl groups is 1. The lowest BCUT2D eigenvalue weighted by molar-refractivity contribution is -0.122. The van der Waals surface area contributed by atoms with E-state index in [9.17, 15) is 4.79 Å². The maximum absolute atomic E-state index is 12.7. The number of hydrogen-bond donors (Lipinski definition) is 2. The van der Waals surface area contributed by atoms with Crippen molar-refractivity contribution >= 4 is 11.6 Å². The predicted octanol–water partition coefficient (Wildman–Crippen LogP) is 1.67. The number of fused-ring (bicyclic) bond motifs is 2. The molecule has 1 spiro atoms. The molecule has 2 N–H and O–H groups in total. The van der Waals surface area contributed by atoms with Gasteiger partial charge in [-0.25, -0.2) is 0 Å². The number of anilines is 1. The zero-order chi connectivity index (χ0) is 17.4. The summed E-state index contributed by atoms with van der Waals surface area (Å²) in [6.07, 6.45) is 5.54. The van der Waals surface area contributed by atoms with E-state index in [4.69, 9.17) is 5.11 Å². The molecule has 6 nitrogen and oxygen atoms in total. The molecule has 0 atom stereocenters. The van der Waals surface area contributed by atoms with Gasteiger partial charge in [-0.05, 0) is 44.5 Å². The highest BCUT2D eigenvalue weighted by Gasteiger charge is 2.48. The number of hydrogen-bond acceptors (Lipinski definition) is 4. The van der Waals surface area contributed by atoms with Crippen molar-refractivity contribution < 1.29 is 9.90 Å². The van der Waals surface area contributed by atoms with E-state index in [1.54, 1.807) is 4.68 Å². The first kappa shape index (κ1) is 16.3. The minimum Gasteiger partial charge on any atom is -0.394 e. The first-order valence-corrected chi connectivity index (χ1v) is 8.88. The second-order valence-electron chi connectivity index (χ2n) is 7.20. The standard InChI is InChI=1S/C19H24N4O2/c1-14-2-3-17-16(10-14)19(18(25)21-17)4-6-22(7-5-19)12-15-11-20-23(13-15)8-9-24/h2-3,10-11,13,24H,4-9,12H2,1H3,(H,21,25). The van der Waals surface area contributed by atoms with Gasteiger partial charge >= 0.3 is 0 Å². The Morgan fingerprint density at radius 1 is 1.32 bits per heavy atom. The maximum atomic E-state index is 12.7. The Kier molecular flexibility index (Phi) is 4.09. The normalized spacial score (nSPS) is 19.2. The van der Waals surface area contributed by atoms with Crippen LogP contribution < -0.4 is 5.32 Å². The first-order valence-electron chi connectivity index (χ1n) is 8.88. The number of nitrogens with zero attached hydrogens (tertiary/aromatic N) is 3. The van der Waals surface area contributed by atoms with Crippen molar-refractivity contribution in [3.05, 3.63) is 47.3 Å². The zero-order valence-electron chi connectivity index (χ0n) is 14.5. The molecule has 1 aromatic heterocycles. The van der Waals surface area contributed by atoms with Crippen molar-refractivity contribution in [3.63, 3.8) is 0 Å². The predicted molar refractivity (Wildman–Crippen MR) is 95.3 cm³/mol. The number of likely N-dealkylation sites (tertiary alicyclic amines) is 1. The highest BCUT2D eigenvalue weighted by molar-refractivity contribution is 6.06. The lowest BCUT2D eigenvalue weighted by Gasteiger charge is -2.38. The Balaban J connectivity index is 1.46. The van der Waals surface area contributed by atoms with E-state index in [0.717, 1.165) is 43.7 Å². The molecule has 4 rings (SSSR count). The zero-order valence-corrected chi connectivity index (χ0v) is 14.5. The highest BCUT2D eigenvalue weighted by atomic mass is 16.3. The summed E-state index contributed by atoms with van der Waals surface area (Å²) in [6, 6.07) is 6.25. The van der Waals surface area contributed by atoms with Gasteiger partial charge in [0, 0.05) is 24.0 Å². The van der Waals surface area contributed by atoms with E-state index in [0.29, 0.717) is 6.54 Å². The maximum Gasteiger partial charge on any atom is 0.235 e. The summed E-state index contributed by atoms with van der Waals surface area (Å²) in [5.74, 6) is 0.156. The SMILES string of the molecule is Cc1ccc2c(c1)C1(CCN(Cc3cnn(CCO)c3)CC1)C(=O)N2. The summed E-state index contributed by atoms with van der Waals surface area (Å²) in [7, 11) is 0. The quantitative estimate of drug-likeness (QED) is 0.888. The van der Waals surface area contributed by atoms with Gasteiger partial charge < -0.3 is 10.4 Å². The molecule has 1 aromatic carbocycles. The van der Waals surface area contributed by atoms with E-state index in [-0.39, 0.29) is 17.9 Å². The topological polar surface area (TPSA) is 70.4 Å². The number of aliphatic hydroxyl groups excluding tert-OH is 1. The van der Waals surface area contributed by atoms with Gasteiger partial charge in [-0.2, -0.15) is 5.10 Å². The fraction of sp³-hybridized carbons (Fsp3) is 0.474. The van der Waals surface area contributed by atoms with Crippen LogP contribution in [0, 0.1) is 6.92 Å². The van der Waals surface area contributed by atoms with Gasteiger partial charge in [-0.1, -0.05) is 17.7 Å². The number of benzene rings is 1. The summed E-state index contributed by atoms with van der Waals surface area (Å²) in [4.78, 5) is 15.1. The fourth-order valence-corrected chi connectivity index (χ4v) is 4.09. The van der Waals surface area contributed by atoms with Gasteiger partial charge in [0.2, 0.25) is 5.91 Å². The fourth-order valence-electron chi connectivity index (χ4n) is 4.09. The molecule has 132 valence electrons. The monoisotopic (exact) mass is 340 g/mol. The highest BCUT2D eigenvalue weighted by Crippen LogP contribution is 2.45. The Morgan fingerprint density at radius 3 is 2.88 bits per heavy atom. The van der Waals surface area contributed by atoms with Crippen molar-refractivity contribution in [2.45, 2.75) is 38.3 Å². The van der Waals surface area contributed by atoms with Gasteiger partial charge in [-0.15, -0.1) is 0 Å². The van der Waals surface area contributed by atoms with Crippen LogP contribution >= 0.6 is 0 Å². The van der Waals surface area contributed by atoms with Gasteiger partial charge in [0.1, 0.15) is 0 Å². The Morgan fingerprint density at radius 2 is 2.12 bits per heavy atom. The van der Waals surface area contributed by atoms with Crippen LogP contribution in [0.15, 0.2) is 30.6 Å². The summed E-state index contributed by atoms with van der Waals surface area (Å²) < 4.78 is 1.77. The molecule has 0 radical (unpaired) electrons. The van der Waals surface area contributed by atoms with Crippen LogP contribution in [-0.2, 0) is 23.3 Å². The third kappa shape index (κ3) is 2.85. The second-order valence-corrected chi connectivity index (χ2v) is 7.20. The Labute approximate surface area is 147 Å². The molecule has 25 heavy (non-hydrogen) atoms. The van der Waals surface area contributed by atoms with Crippen molar-refractivity contribution in [2.24, 2.45) is 0 Å². The number of carbonyl (C=O) groups excluding carboxylic acids is 1. The third-order valence-electron chi connectivity index (χ3n) is 5.51. The van der Waals surface area contributed by atoms with E-state index in [1.807, 2.05) is 18.5 Å². The van der Waals surface area contributed by atoms with Crippen LogP contribution in [0.4, 0.5) is 5.69 Å². The number of aromatic nitrogens is 2. The molecule has 2 aliphatic rings. The van der Waals surface area contributed by atoms with Crippen LogP contribution in [0.1, 0.15) is 29.5 Å². The molecule has 0 aliphatic carbocycles. The van der Waals surface area contributed by atoms with Gasteiger partial charge in [0.05, 0.1) is 24.8 Å². The van der Waals surface area contributed by atoms with Crippen LogP contribution in [0.2, 0.25) is 0 Å². The van der Waals surface area contributed by atoms with Crippen LogP contribution in [-0.4, -0.2) is 45.4 Å². The molecule has 0 bridgehead atoms. The summed E-state index contributed by atoms with van der Waals surface area (Å²) in [5, 5.41) is 16.3. The van der Waals surface area contributed by atoms with Crippen LogP contribution in [0.3, 0.4) is 0 Å². The Bertz CT molecular complexity index is 790. The molecule has 1 amide bonds. The molecule has 1 fully saturated rings. The lowest BCUT2D eigenvalue weighted by Crippen LogP contribution is -2.46. The molecule has 1 saturated heterocycles. The number of amides is 1. The summed E-state index contributed by atoms with van der Waals surface area (Å²) >= 11 is 0. The summed E-state index contributed by atoms with van der Waals surface area (Å²) in [6.45, 7) is 5.33. The van der Waals surface area contributed by atoms with Crippen LogP contribution in [0.25, 0.3) is 0 Å². The van der Waals surface area contributed by atoms with Crippen molar-refractivity contribution in [3.8, 4) is 0 Å². The largest absolute Gasteiger partial charge is 0.394 e. The molecule has 0 unspecified atom stereocenters. The Hall–Kier alpha value is -2.18. The second kappa shape index (κ2) is 6.28. The number of piperidine rings is 1. The minimum atomic E-state index is -0.362. The van der Waals surface area contributed by atoms with Crippen molar-refractivity contribution in [1.29, 1.82) is 0 Å². The molecular formula is C19H24N4O2. The number of rotatable bonds is 4. The van der Waals surface area contributed by atoms with Crippen molar-refractivity contribution in [2.75, 3.05) is 25.0 Å². The molecule has 2 aromatic rings. The lowest BCUT2D eigenvalue weighted by atomic mass is 9.73. The number of aryl methyl sites for hydroxylation is 1. The average molecular weight is 340 g/mol. The van der Waals surface area contributed by atoms with Gasteiger partial charge in [-0.3, -0.25) is 14.4 Å². The minimum absolute atomic E-state index is 0.0985. The van der Waals surface area contributed by atoms with Gasteiger partial charge in [0.15, 0.2) is 0 Å². The summed E-state index contributed by atoms with van der Waals surface area (Å²) in [5.41, 5.74) is 4.14. The van der Waals surface area contributed by atoms with E-state index in [2.05, 4.69) is 34.4 Å². The van der Waals surface area contributed by atoms with Crippen LogP contribution in [0.5, 0.6) is 0 Å². The molecule has 2 aliphatic heterocycles. The molecule has 0 saturated carbocycles. The number of carbonyl (C=O) groups is 1. The first-order chi connectivity index (χ1) is 12.1. The van der Waals surface area contributed by atoms with E-state index in [1.165, 1.54) is 11.1 Å². The third-order valence-corrected chi connectivity index (χ3v) is 5.51. The number of nitrogens with one attached hydrogen (secondary N) is 1. The molecular weight excluding hydrogens is 316 g/mol. The molecule has 6 heteroatoms. The van der Waals surface area contributed by atoms with E-state index >= 15 is 0 Å². The molecule has 3 heterocycles.